The van der Waals surface area contributed by atoms with Crippen molar-refractivity contribution in [3.05, 3.63) is 170 Å². The van der Waals surface area contributed by atoms with Gasteiger partial charge in [-0.1, -0.05) is 121 Å². The smallest absolute Gasteiger partial charge is 0.0554 e. The molecule has 0 fully saturated rings. The van der Waals surface area contributed by atoms with Gasteiger partial charge in [-0.25, -0.2) is 0 Å². The van der Waals surface area contributed by atoms with Crippen LogP contribution in [-0.4, -0.2) is 8.97 Å². The van der Waals surface area contributed by atoms with E-state index in [1.165, 1.54) is 82.2 Å². The van der Waals surface area contributed by atoms with E-state index in [2.05, 4.69) is 179 Å². The van der Waals surface area contributed by atoms with Crippen LogP contribution in [-0.2, 0) is 0 Å². The molecule has 10 aromatic rings. The van der Waals surface area contributed by atoms with E-state index in [0.717, 1.165) is 5.69 Å². The first-order chi connectivity index (χ1) is 22.8. The van der Waals surface area contributed by atoms with E-state index >= 15 is 0 Å². The molecule has 0 saturated carbocycles. The molecule has 7 aromatic carbocycles. The molecule has 0 spiro atoms. The summed E-state index contributed by atoms with van der Waals surface area (Å²) in [5.74, 6) is 0. The lowest BCUT2D eigenvalue weighted by molar-refractivity contribution is 1.18. The Morgan fingerprint density at radius 2 is 0.870 bits per heavy atom. The van der Waals surface area contributed by atoms with Gasteiger partial charge in [0.2, 0.25) is 0 Å². The van der Waals surface area contributed by atoms with Gasteiger partial charge in [0.25, 0.3) is 0 Å². The maximum absolute atomic E-state index is 2.47. The number of hydrogen-bond acceptors (Lipinski definition) is 0. The van der Waals surface area contributed by atoms with E-state index in [-0.39, 0.29) is 0 Å². The van der Waals surface area contributed by atoms with Crippen molar-refractivity contribution in [2.24, 2.45) is 0 Å². The number of para-hydroxylation sites is 3. The molecular weight excluding hydrogens is 556 g/mol. The van der Waals surface area contributed by atoms with Crippen molar-refractivity contribution in [2.45, 2.75) is 0 Å². The second-order valence-electron chi connectivity index (χ2n) is 12.2. The van der Waals surface area contributed by atoms with Crippen LogP contribution in [0.15, 0.2) is 170 Å². The number of nitrogens with zero attached hydrogens (tertiary/aromatic N) is 2. The first kappa shape index (κ1) is 25.2. The lowest BCUT2D eigenvalue weighted by atomic mass is 9.98. The molecule has 0 aliphatic heterocycles. The fourth-order valence-corrected chi connectivity index (χ4v) is 7.66. The summed E-state index contributed by atoms with van der Waals surface area (Å²) in [4.78, 5) is 0. The van der Waals surface area contributed by atoms with Gasteiger partial charge in [-0.2, -0.15) is 0 Å². The van der Waals surface area contributed by atoms with Crippen LogP contribution in [0.1, 0.15) is 0 Å². The van der Waals surface area contributed by atoms with Gasteiger partial charge in [-0.05, 0) is 76.2 Å². The number of rotatable bonds is 3. The summed E-state index contributed by atoms with van der Waals surface area (Å²) >= 11 is 0. The van der Waals surface area contributed by atoms with Crippen LogP contribution in [0.2, 0.25) is 0 Å². The van der Waals surface area contributed by atoms with Crippen LogP contribution in [0.5, 0.6) is 0 Å². The van der Waals surface area contributed by atoms with Gasteiger partial charge in [0.15, 0.2) is 0 Å². The summed E-state index contributed by atoms with van der Waals surface area (Å²) in [7, 11) is 0. The molecule has 0 saturated heterocycles. The lowest BCUT2D eigenvalue weighted by Crippen LogP contribution is -1.96. The average Bonchev–Trinajstić information content (AvgIpc) is 3.69. The van der Waals surface area contributed by atoms with Crippen molar-refractivity contribution < 1.29 is 0 Å². The van der Waals surface area contributed by atoms with Gasteiger partial charge in [0.05, 0.1) is 27.6 Å². The summed E-state index contributed by atoms with van der Waals surface area (Å²) in [6.45, 7) is 0. The Bertz CT molecular complexity index is 2730. The normalized spacial score (nSPS) is 11.9. The number of pyridine rings is 1. The molecule has 0 N–H and O–H groups in total. The highest BCUT2D eigenvalue weighted by Crippen LogP contribution is 2.43. The Labute approximate surface area is 266 Å². The Morgan fingerprint density at radius 1 is 0.304 bits per heavy atom. The number of fused-ring (bicyclic) bond motifs is 12. The van der Waals surface area contributed by atoms with Gasteiger partial charge in [-0.3, -0.25) is 0 Å². The van der Waals surface area contributed by atoms with Gasteiger partial charge >= 0.3 is 0 Å². The maximum Gasteiger partial charge on any atom is 0.0554 e. The molecule has 0 aliphatic carbocycles. The van der Waals surface area contributed by atoms with Crippen LogP contribution in [0.4, 0.5) is 0 Å². The Kier molecular flexibility index (Phi) is 5.31. The highest BCUT2D eigenvalue weighted by atomic mass is 15.0. The molecule has 0 atom stereocenters. The topological polar surface area (TPSA) is 9.34 Å². The van der Waals surface area contributed by atoms with Crippen molar-refractivity contribution in [3.8, 4) is 27.9 Å². The van der Waals surface area contributed by atoms with Crippen LogP contribution in [0.25, 0.3) is 87.8 Å². The predicted molar refractivity (Wildman–Crippen MR) is 195 cm³/mol. The monoisotopic (exact) mass is 584 g/mol. The van der Waals surface area contributed by atoms with Crippen LogP contribution in [0, 0.1) is 0 Å². The third-order valence-corrected chi connectivity index (χ3v) is 9.63. The van der Waals surface area contributed by atoms with Crippen molar-refractivity contribution in [3.63, 3.8) is 0 Å². The third-order valence-electron chi connectivity index (χ3n) is 9.63. The van der Waals surface area contributed by atoms with Crippen molar-refractivity contribution in [2.75, 3.05) is 0 Å². The van der Waals surface area contributed by atoms with Gasteiger partial charge in [0.1, 0.15) is 0 Å². The number of hydrogen-bond donors (Lipinski definition) is 0. The molecule has 2 heteroatoms. The van der Waals surface area contributed by atoms with Crippen LogP contribution < -0.4 is 0 Å². The molecule has 3 aromatic heterocycles. The fraction of sp³-hybridized carbons (Fsp3) is 0. The van der Waals surface area contributed by atoms with Gasteiger partial charge in [0, 0.05) is 32.6 Å². The van der Waals surface area contributed by atoms with Crippen molar-refractivity contribution in [1.29, 1.82) is 0 Å². The zero-order chi connectivity index (χ0) is 30.2. The summed E-state index contributed by atoms with van der Waals surface area (Å²) < 4.78 is 4.93. The van der Waals surface area contributed by atoms with E-state index in [1.807, 2.05) is 0 Å². The molecule has 3 heterocycles. The quantitative estimate of drug-likeness (QED) is 0.183. The largest absolute Gasteiger partial charge is 0.309 e. The van der Waals surface area contributed by atoms with Gasteiger partial charge < -0.3 is 8.97 Å². The van der Waals surface area contributed by atoms with E-state index in [1.54, 1.807) is 0 Å². The summed E-state index contributed by atoms with van der Waals surface area (Å²) in [5.41, 5.74) is 12.1. The molecular formula is C44H28N2. The summed E-state index contributed by atoms with van der Waals surface area (Å²) in [5, 5.41) is 7.65. The molecule has 0 aliphatic rings. The molecule has 2 nitrogen and oxygen atoms in total. The predicted octanol–water partition coefficient (Wildman–Crippen LogP) is 11.8. The van der Waals surface area contributed by atoms with Crippen molar-refractivity contribution >= 4 is 59.9 Å². The molecule has 214 valence electrons. The standard InChI is InChI=1S/C44H28N2/c1-3-13-29(14-4-1)32-25-33(30-15-5-2-6-16-30)27-34(26-32)45-40-22-12-9-19-37(40)44-41(45)24-23-36-35-18-8-11-21-39(35)46-38-20-10-7-17-31(38)28-42(46)43(36)44/h1-28H. The fourth-order valence-electron chi connectivity index (χ4n) is 7.66. The second-order valence-corrected chi connectivity index (χ2v) is 12.2. The molecule has 46 heavy (non-hydrogen) atoms. The Balaban J connectivity index is 1.38. The first-order valence-corrected chi connectivity index (χ1v) is 15.9. The molecule has 0 bridgehead atoms. The minimum atomic E-state index is 1.16. The molecule has 0 radical (unpaired) electrons. The van der Waals surface area contributed by atoms with Crippen LogP contribution >= 0.6 is 0 Å². The zero-order valence-corrected chi connectivity index (χ0v) is 25.1. The van der Waals surface area contributed by atoms with E-state index in [9.17, 15) is 0 Å². The first-order valence-electron chi connectivity index (χ1n) is 15.9. The summed E-state index contributed by atoms with van der Waals surface area (Å²) in [6.07, 6.45) is 0. The SMILES string of the molecule is c1ccc(-c2cc(-c3ccccc3)cc(-n3c4ccccc4c4c5c(ccc43)c3ccccc3n3c4ccccc4cc53)c2)cc1. The Hall–Kier alpha value is -6.12. The average molecular weight is 585 g/mol. The van der Waals surface area contributed by atoms with E-state index < -0.39 is 0 Å². The van der Waals surface area contributed by atoms with Gasteiger partial charge in [-0.15, -0.1) is 0 Å². The zero-order valence-electron chi connectivity index (χ0n) is 25.1. The van der Waals surface area contributed by atoms with E-state index in [0.29, 0.717) is 0 Å². The summed E-state index contributed by atoms with van der Waals surface area (Å²) in [6, 6.07) is 62.0. The number of benzene rings is 7. The highest BCUT2D eigenvalue weighted by Gasteiger charge is 2.20. The molecule has 0 unspecified atom stereocenters. The number of aromatic nitrogens is 2. The van der Waals surface area contributed by atoms with E-state index in [4.69, 9.17) is 0 Å². The van der Waals surface area contributed by atoms with Crippen LogP contribution in [0.3, 0.4) is 0 Å². The molecule has 0 amide bonds. The highest BCUT2D eigenvalue weighted by molar-refractivity contribution is 6.30. The Morgan fingerprint density at radius 3 is 1.59 bits per heavy atom. The maximum atomic E-state index is 2.47. The lowest BCUT2D eigenvalue weighted by Gasteiger charge is -2.15. The van der Waals surface area contributed by atoms with Crippen molar-refractivity contribution in [1.82, 2.24) is 8.97 Å². The second kappa shape index (κ2) is 9.69. The minimum Gasteiger partial charge on any atom is -0.309 e. The third kappa shape index (κ3) is 3.59. The molecule has 10 rings (SSSR count). The minimum absolute atomic E-state index is 1.16.